The van der Waals surface area contributed by atoms with Gasteiger partial charge in [-0.25, -0.2) is 19.1 Å². The smallest absolute Gasteiger partial charge is 0.306 e. The molecular formula is C33H48ClN8O5+. The summed E-state index contributed by atoms with van der Waals surface area (Å²) in [5.74, 6) is 1.32. The number of hydrogen-bond acceptors (Lipinski definition) is 10. The number of aryl methyl sites for hydroxylation is 2. The molecule has 1 amide bonds. The summed E-state index contributed by atoms with van der Waals surface area (Å²) in [5.41, 5.74) is 12.9. The number of benzene rings is 1. The Morgan fingerprint density at radius 2 is 1.83 bits per heavy atom. The lowest BCUT2D eigenvalue weighted by atomic mass is 9.93. The van der Waals surface area contributed by atoms with Gasteiger partial charge in [-0.2, -0.15) is 0 Å². The Morgan fingerprint density at radius 3 is 2.49 bits per heavy atom. The molecule has 256 valence electrons. The van der Waals surface area contributed by atoms with Crippen molar-refractivity contribution in [2.45, 2.75) is 92.0 Å². The molecule has 2 aromatic heterocycles. The van der Waals surface area contributed by atoms with Gasteiger partial charge in [-0.05, 0) is 85.0 Å². The van der Waals surface area contributed by atoms with E-state index in [1.165, 1.54) is 0 Å². The Bertz CT molecular complexity index is 1590. The number of hydrogen-bond donors (Lipinski definition) is 3. The van der Waals surface area contributed by atoms with Gasteiger partial charge >= 0.3 is 5.97 Å². The number of ketones is 1. The zero-order chi connectivity index (χ0) is 34.3. The van der Waals surface area contributed by atoms with E-state index in [2.05, 4.69) is 29.3 Å². The highest BCUT2D eigenvalue weighted by atomic mass is 35.5. The number of imidazole rings is 1. The second kappa shape index (κ2) is 15.7. The Hall–Kier alpha value is -3.97. The fourth-order valence-electron chi connectivity index (χ4n) is 5.96. The molecule has 0 radical (unpaired) electrons. The number of amides is 1. The molecule has 1 fully saturated rings. The van der Waals surface area contributed by atoms with Gasteiger partial charge in [-0.3, -0.25) is 19.3 Å². The number of piperidine rings is 1. The number of ether oxygens (including phenoxy) is 2. The lowest BCUT2D eigenvalue weighted by Gasteiger charge is -2.31. The minimum absolute atomic E-state index is 0.0368. The average Bonchev–Trinajstić information content (AvgIpc) is 3.31. The van der Waals surface area contributed by atoms with Crippen LogP contribution in [0.5, 0.6) is 5.75 Å². The highest BCUT2D eigenvalue weighted by Crippen LogP contribution is 2.24. The van der Waals surface area contributed by atoms with Crippen LogP contribution in [-0.2, 0) is 34.0 Å². The van der Waals surface area contributed by atoms with Gasteiger partial charge in [-0.1, -0.05) is 11.6 Å². The molecule has 1 aliphatic heterocycles. The number of carbonyl (C=O) groups excluding carboxylic acids is 3. The van der Waals surface area contributed by atoms with Crippen molar-refractivity contribution in [3.05, 3.63) is 34.9 Å². The number of fused-ring (bicyclic) bond motifs is 1. The lowest BCUT2D eigenvalue weighted by molar-refractivity contribution is -0.676. The first-order valence-electron chi connectivity index (χ1n) is 16.3. The predicted molar refractivity (Wildman–Crippen MR) is 180 cm³/mol. The topological polar surface area (TPSA) is 172 Å². The molecule has 0 saturated carbocycles. The van der Waals surface area contributed by atoms with Gasteiger partial charge in [0.15, 0.2) is 33.5 Å². The summed E-state index contributed by atoms with van der Waals surface area (Å²) in [4.78, 5) is 47.8. The van der Waals surface area contributed by atoms with E-state index in [4.69, 9.17) is 32.5 Å². The van der Waals surface area contributed by atoms with Crippen LogP contribution in [0.2, 0.25) is 5.15 Å². The quantitative estimate of drug-likeness (QED) is 0.130. The molecule has 47 heavy (non-hydrogen) atoms. The van der Waals surface area contributed by atoms with Crippen LogP contribution in [0.4, 0.5) is 11.6 Å². The fourth-order valence-corrected chi connectivity index (χ4v) is 6.09. The third-order valence-corrected chi connectivity index (χ3v) is 8.44. The summed E-state index contributed by atoms with van der Waals surface area (Å²) >= 11 is 5.96. The molecule has 3 aromatic rings. The number of nitrogens with zero attached hydrogens (tertiary/aromatic N) is 5. The third-order valence-electron chi connectivity index (χ3n) is 8.16. The summed E-state index contributed by atoms with van der Waals surface area (Å²) in [7, 11) is 0. The predicted octanol–water partition coefficient (Wildman–Crippen LogP) is 3.68. The number of nitrogen functional groups attached to an aromatic ring is 2. The highest BCUT2D eigenvalue weighted by Gasteiger charge is 2.27. The molecule has 0 unspecified atom stereocenters. The molecule has 0 spiro atoms. The number of nitrogens with two attached hydrogens (primary N) is 2. The van der Waals surface area contributed by atoms with Crippen LogP contribution in [0.15, 0.2) is 18.2 Å². The van der Waals surface area contributed by atoms with Crippen molar-refractivity contribution >= 4 is 51.9 Å². The number of anilines is 2. The largest absolute Gasteiger partial charge is 0.493 e. The molecule has 5 N–H and O–H groups in total. The number of aromatic nitrogens is 4. The van der Waals surface area contributed by atoms with Crippen LogP contribution in [0.3, 0.4) is 0 Å². The van der Waals surface area contributed by atoms with E-state index in [0.717, 1.165) is 42.8 Å². The number of nitrogens with one attached hydrogen (secondary N) is 1. The first kappa shape index (κ1) is 35.9. The number of esters is 1. The molecular weight excluding hydrogens is 624 g/mol. The van der Waals surface area contributed by atoms with Crippen molar-refractivity contribution < 1.29 is 28.4 Å². The molecule has 1 aromatic carbocycles. The lowest BCUT2D eigenvalue weighted by Crippen LogP contribution is -2.40. The maximum absolute atomic E-state index is 12.9. The number of carbonyl (C=O) groups is 3. The molecule has 3 heterocycles. The molecule has 1 saturated heterocycles. The van der Waals surface area contributed by atoms with E-state index >= 15 is 0 Å². The Kier molecular flexibility index (Phi) is 12.0. The second-order valence-corrected chi connectivity index (χ2v) is 13.2. The summed E-state index contributed by atoms with van der Waals surface area (Å²) in [5, 5.41) is 2.80. The van der Waals surface area contributed by atoms with E-state index in [1.54, 1.807) is 0 Å². The number of rotatable bonds is 14. The van der Waals surface area contributed by atoms with Gasteiger partial charge in [0.25, 0.3) is 11.7 Å². The van der Waals surface area contributed by atoms with Crippen molar-refractivity contribution in [3.63, 3.8) is 0 Å². The fraction of sp³-hybridized carbons (Fsp3) is 0.576. The molecule has 0 aliphatic carbocycles. The Labute approximate surface area is 280 Å². The van der Waals surface area contributed by atoms with E-state index in [9.17, 15) is 14.4 Å². The van der Waals surface area contributed by atoms with E-state index < -0.39 is 11.5 Å². The zero-order valence-corrected chi connectivity index (χ0v) is 28.9. The molecule has 4 rings (SSSR count). The second-order valence-electron chi connectivity index (χ2n) is 12.9. The van der Waals surface area contributed by atoms with Gasteiger partial charge in [0.1, 0.15) is 23.7 Å². The summed E-state index contributed by atoms with van der Waals surface area (Å²) in [6.07, 6.45) is 3.29. The minimum Gasteiger partial charge on any atom is -0.493 e. The van der Waals surface area contributed by atoms with Gasteiger partial charge < -0.3 is 26.3 Å². The van der Waals surface area contributed by atoms with Gasteiger partial charge in [-0.15, -0.1) is 0 Å². The van der Waals surface area contributed by atoms with Gasteiger partial charge in [0.05, 0.1) is 26.2 Å². The van der Waals surface area contributed by atoms with Crippen LogP contribution < -0.4 is 26.1 Å². The standard InChI is InChI=1S/C33H47ClN8O5/c1-6-41-24-11-10-23(18-25(24)42(7-2)26(41)19-37-32(45)28-30(35)39-31(36)29(34)38-28)46-16-8-9-22(43)20-40-14-12-21(13-15-40)17-27(44)47-33(3,4)5/h10-11,18,21H,6-9,12-17,19-20H2,1-5H3,(H4-,35,36,37,39,45)/p+1. The number of likely N-dealkylation sites (tertiary alicyclic amines) is 1. The molecule has 0 bridgehead atoms. The minimum atomic E-state index is -0.506. The van der Waals surface area contributed by atoms with E-state index in [-0.39, 0.29) is 40.8 Å². The van der Waals surface area contributed by atoms with Gasteiger partial charge in [0.2, 0.25) is 0 Å². The zero-order valence-electron chi connectivity index (χ0n) is 28.1. The number of Topliss-reactive ketones (excluding diaryl/α,β-unsaturated/α-hetero) is 1. The van der Waals surface area contributed by atoms with Crippen LogP contribution >= 0.6 is 11.6 Å². The first-order chi connectivity index (χ1) is 22.3. The van der Waals surface area contributed by atoms with Crippen molar-refractivity contribution in [2.75, 3.05) is 37.7 Å². The maximum Gasteiger partial charge on any atom is 0.306 e. The summed E-state index contributed by atoms with van der Waals surface area (Å²) < 4.78 is 15.8. The van der Waals surface area contributed by atoms with Gasteiger partial charge in [0, 0.05) is 18.9 Å². The molecule has 1 aliphatic rings. The normalized spacial score (nSPS) is 14.3. The summed E-state index contributed by atoms with van der Waals surface area (Å²) in [6.45, 7) is 13.8. The van der Waals surface area contributed by atoms with Crippen molar-refractivity contribution in [3.8, 4) is 5.75 Å². The van der Waals surface area contributed by atoms with E-state index in [0.29, 0.717) is 57.2 Å². The van der Waals surface area contributed by atoms with Crippen molar-refractivity contribution in [1.29, 1.82) is 0 Å². The molecule has 14 heteroatoms. The average molecular weight is 672 g/mol. The van der Waals surface area contributed by atoms with Crippen LogP contribution in [0, 0.1) is 5.92 Å². The highest BCUT2D eigenvalue weighted by molar-refractivity contribution is 6.31. The van der Waals surface area contributed by atoms with Crippen LogP contribution in [-0.4, -0.2) is 68.9 Å². The van der Waals surface area contributed by atoms with Crippen LogP contribution in [0.25, 0.3) is 11.0 Å². The monoisotopic (exact) mass is 671 g/mol. The van der Waals surface area contributed by atoms with E-state index in [1.807, 2.05) is 52.8 Å². The number of halogens is 1. The summed E-state index contributed by atoms with van der Waals surface area (Å²) in [6, 6.07) is 5.92. The SMILES string of the molecule is CCn1c(CNC(=O)c2nc(Cl)c(N)nc2N)[n+](CC)c2ccc(OCCCC(=O)CN3CCC(CC(=O)OC(C)(C)C)CC3)cc21. The first-order valence-corrected chi connectivity index (χ1v) is 16.7. The van der Waals surface area contributed by atoms with Crippen molar-refractivity contribution in [1.82, 2.24) is 24.8 Å². The van der Waals surface area contributed by atoms with Crippen molar-refractivity contribution in [2.24, 2.45) is 5.92 Å². The Morgan fingerprint density at radius 1 is 1.11 bits per heavy atom. The van der Waals surface area contributed by atoms with Crippen LogP contribution in [0.1, 0.15) is 83.0 Å². The molecule has 0 atom stereocenters. The molecule has 13 nitrogen and oxygen atoms in total. The third kappa shape index (κ3) is 9.54. The Balaban J connectivity index is 1.27. The maximum atomic E-state index is 12.9.